The predicted octanol–water partition coefficient (Wildman–Crippen LogP) is 7.10. The van der Waals surface area contributed by atoms with E-state index < -0.39 is 0 Å². The van der Waals surface area contributed by atoms with Gasteiger partial charge in [0.2, 0.25) is 0 Å². The van der Waals surface area contributed by atoms with Gasteiger partial charge < -0.3 is 20.1 Å². The van der Waals surface area contributed by atoms with Crippen molar-refractivity contribution < 1.29 is 14.3 Å². The van der Waals surface area contributed by atoms with Crippen molar-refractivity contribution in [3.63, 3.8) is 0 Å². The van der Waals surface area contributed by atoms with E-state index in [4.69, 9.17) is 9.47 Å². The number of hydrogen-bond acceptors (Lipinski definition) is 5. The minimum atomic E-state index is -0.318. The molecule has 1 unspecified atom stereocenters. The maximum absolute atomic E-state index is 12.9. The van der Waals surface area contributed by atoms with Gasteiger partial charge in [-0.2, -0.15) is 0 Å². The molecule has 0 aromatic heterocycles. The highest BCUT2D eigenvalue weighted by Crippen LogP contribution is 2.37. The number of aryl methyl sites for hydroxylation is 1. The molecule has 1 amide bonds. The van der Waals surface area contributed by atoms with Crippen LogP contribution in [0.25, 0.3) is 16.8 Å². The molecule has 0 spiro atoms. The Kier molecular flexibility index (Phi) is 7.20. The van der Waals surface area contributed by atoms with E-state index in [0.29, 0.717) is 11.5 Å². The van der Waals surface area contributed by atoms with Crippen LogP contribution in [0.1, 0.15) is 16.7 Å². The molecule has 1 aliphatic rings. The Balaban J connectivity index is 1.44. The zero-order valence-corrected chi connectivity index (χ0v) is 22.3. The summed E-state index contributed by atoms with van der Waals surface area (Å²) in [7, 11) is 1.64. The molecule has 1 atom stereocenters. The van der Waals surface area contributed by atoms with Crippen molar-refractivity contribution in [2.24, 2.45) is 0 Å². The van der Waals surface area contributed by atoms with Gasteiger partial charge in [-0.1, -0.05) is 76.2 Å². The zero-order chi connectivity index (χ0) is 25.1. The molecule has 4 aromatic carbocycles. The van der Waals surface area contributed by atoms with Gasteiger partial charge in [-0.05, 0) is 65.2 Å². The minimum Gasteiger partial charge on any atom is -0.495 e. The number of halogens is 1. The van der Waals surface area contributed by atoms with Crippen LogP contribution in [0.2, 0.25) is 0 Å². The van der Waals surface area contributed by atoms with Gasteiger partial charge in [0.05, 0.1) is 17.7 Å². The molecule has 4 aromatic rings. The van der Waals surface area contributed by atoms with Crippen LogP contribution in [0.4, 0.5) is 5.69 Å². The van der Waals surface area contributed by atoms with Crippen LogP contribution in [0.5, 0.6) is 11.5 Å². The van der Waals surface area contributed by atoms with E-state index in [0.717, 1.165) is 49.1 Å². The van der Waals surface area contributed by atoms with Crippen LogP contribution in [0.15, 0.2) is 88.2 Å². The van der Waals surface area contributed by atoms with Crippen molar-refractivity contribution in [3.8, 4) is 11.5 Å². The molecule has 7 heteroatoms. The molecule has 0 bridgehead atoms. The summed E-state index contributed by atoms with van der Waals surface area (Å²) in [4.78, 5) is 13.6. The molecule has 1 heterocycles. The zero-order valence-electron chi connectivity index (χ0n) is 19.9. The molecule has 182 valence electrons. The first-order chi connectivity index (χ1) is 17.5. The van der Waals surface area contributed by atoms with Gasteiger partial charge in [0.1, 0.15) is 18.1 Å². The summed E-state index contributed by atoms with van der Waals surface area (Å²) in [6.07, 6.45) is 1.93. The Morgan fingerprint density at radius 1 is 1.03 bits per heavy atom. The third-order valence-corrected chi connectivity index (χ3v) is 7.44. The van der Waals surface area contributed by atoms with Crippen LogP contribution in [0.3, 0.4) is 0 Å². The van der Waals surface area contributed by atoms with Gasteiger partial charge in [-0.3, -0.25) is 4.79 Å². The van der Waals surface area contributed by atoms with E-state index in [-0.39, 0.29) is 11.4 Å². The van der Waals surface area contributed by atoms with E-state index in [1.54, 1.807) is 7.11 Å². The molecular weight excluding hydrogens is 536 g/mol. The SMILES string of the molecule is COc1ccc(C)cc1NC1NC(=O)/C(=C/c2c(OCc3ccc(Br)cc3)ccc3ccccc23)S1. The van der Waals surface area contributed by atoms with Crippen LogP contribution < -0.4 is 20.1 Å². The fourth-order valence-electron chi connectivity index (χ4n) is 4.06. The lowest BCUT2D eigenvalue weighted by Crippen LogP contribution is -2.31. The predicted molar refractivity (Wildman–Crippen MR) is 151 cm³/mol. The Morgan fingerprint density at radius 3 is 2.61 bits per heavy atom. The normalized spacial score (nSPS) is 16.2. The Labute approximate surface area is 223 Å². The highest BCUT2D eigenvalue weighted by molar-refractivity contribution is 9.10. The van der Waals surface area contributed by atoms with E-state index in [2.05, 4.69) is 38.7 Å². The Morgan fingerprint density at radius 2 is 1.81 bits per heavy atom. The van der Waals surface area contributed by atoms with Crippen molar-refractivity contribution in [1.29, 1.82) is 0 Å². The summed E-state index contributed by atoms with van der Waals surface area (Å²) < 4.78 is 12.8. The van der Waals surface area contributed by atoms with E-state index in [1.807, 2.05) is 79.7 Å². The highest BCUT2D eigenvalue weighted by Gasteiger charge is 2.28. The third kappa shape index (κ3) is 5.37. The molecule has 1 saturated heterocycles. The largest absolute Gasteiger partial charge is 0.495 e. The number of hydrogen-bond donors (Lipinski definition) is 2. The molecule has 0 saturated carbocycles. The van der Waals surface area contributed by atoms with Crippen LogP contribution in [-0.4, -0.2) is 18.5 Å². The fraction of sp³-hybridized carbons (Fsp3) is 0.138. The number of carbonyl (C=O) groups excluding carboxylic acids is 1. The van der Waals surface area contributed by atoms with Gasteiger partial charge in [0.25, 0.3) is 5.91 Å². The van der Waals surface area contributed by atoms with E-state index >= 15 is 0 Å². The number of thioether (sulfide) groups is 1. The fourth-order valence-corrected chi connectivity index (χ4v) is 5.29. The number of nitrogens with one attached hydrogen (secondary N) is 2. The molecule has 2 N–H and O–H groups in total. The van der Waals surface area contributed by atoms with E-state index in [9.17, 15) is 4.79 Å². The smallest absolute Gasteiger partial charge is 0.260 e. The number of rotatable bonds is 7. The summed E-state index contributed by atoms with van der Waals surface area (Å²) in [6.45, 7) is 2.45. The number of amides is 1. The lowest BCUT2D eigenvalue weighted by Gasteiger charge is -2.16. The first-order valence-corrected chi connectivity index (χ1v) is 13.2. The number of ether oxygens (including phenoxy) is 2. The second-order valence-electron chi connectivity index (χ2n) is 8.44. The average Bonchev–Trinajstić information content (AvgIpc) is 3.23. The Hall–Kier alpha value is -3.42. The number of fused-ring (bicyclic) bond motifs is 1. The van der Waals surface area contributed by atoms with Gasteiger partial charge in [-0.15, -0.1) is 0 Å². The molecule has 1 aliphatic heterocycles. The molecule has 36 heavy (non-hydrogen) atoms. The van der Waals surface area contributed by atoms with Crippen molar-refractivity contribution in [1.82, 2.24) is 5.32 Å². The van der Waals surface area contributed by atoms with Gasteiger partial charge in [0, 0.05) is 10.0 Å². The molecule has 1 fully saturated rings. The first-order valence-electron chi connectivity index (χ1n) is 11.5. The number of methoxy groups -OCH3 is 1. The van der Waals surface area contributed by atoms with E-state index in [1.165, 1.54) is 11.8 Å². The summed E-state index contributed by atoms with van der Waals surface area (Å²) in [6, 6.07) is 26.1. The second kappa shape index (κ2) is 10.7. The first kappa shape index (κ1) is 24.3. The summed E-state index contributed by atoms with van der Waals surface area (Å²) in [5, 5.41) is 8.52. The molecule has 5 nitrogen and oxygen atoms in total. The lowest BCUT2D eigenvalue weighted by atomic mass is 10.0. The van der Waals surface area contributed by atoms with Crippen LogP contribution in [0, 0.1) is 6.92 Å². The lowest BCUT2D eigenvalue weighted by molar-refractivity contribution is -0.116. The summed E-state index contributed by atoms with van der Waals surface area (Å²) in [5.74, 6) is 1.33. The minimum absolute atomic E-state index is 0.129. The maximum Gasteiger partial charge on any atom is 0.260 e. The Bertz CT molecular complexity index is 1450. The highest BCUT2D eigenvalue weighted by atomic mass is 79.9. The number of benzene rings is 4. The standard InChI is InChI=1S/C29H25BrN2O3S/c1-18-7-13-26(34-2)24(15-18)31-29-32-28(33)27(36-29)16-23-22-6-4-3-5-20(22)10-14-25(23)35-17-19-8-11-21(30)12-9-19/h3-16,29,31H,17H2,1-2H3,(H,32,33)/b27-16-. The molecule has 0 aliphatic carbocycles. The van der Waals surface area contributed by atoms with Crippen molar-refractivity contribution in [2.75, 3.05) is 12.4 Å². The third-order valence-electron chi connectivity index (χ3n) is 5.89. The van der Waals surface area contributed by atoms with Crippen molar-refractivity contribution in [3.05, 3.63) is 105 Å². The molecule has 5 rings (SSSR count). The quantitative estimate of drug-likeness (QED) is 0.236. The van der Waals surface area contributed by atoms with Crippen molar-refractivity contribution in [2.45, 2.75) is 19.0 Å². The molecule has 0 radical (unpaired) electrons. The van der Waals surface area contributed by atoms with Crippen LogP contribution in [-0.2, 0) is 11.4 Å². The number of carbonyl (C=O) groups is 1. The molecular formula is C29H25BrN2O3S. The van der Waals surface area contributed by atoms with Crippen LogP contribution >= 0.6 is 27.7 Å². The number of anilines is 1. The summed E-state index contributed by atoms with van der Waals surface area (Å²) in [5.41, 5.74) is 3.57. The van der Waals surface area contributed by atoms with Gasteiger partial charge >= 0.3 is 0 Å². The van der Waals surface area contributed by atoms with Crippen molar-refractivity contribution >= 4 is 56.1 Å². The van der Waals surface area contributed by atoms with Gasteiger partial charge in [-0.25, -0.2) is 0 Å². The van der Waals surface area contributed by atoms with Gasteiger partial charge in [0.15, 0.2) is 5.50 Å². The maximum atomic E-state index is 12.9. The monoisotopic (exact) mass is 560 g/mol. The summed E-state index contributed by atoms with van der Waals surface area (Å²) >= 11 is 4.91. The average molecular weight is 562 g/mol. The topological polar surface area (TPSA) is 59.6 Å². The second-order valence-corrected chi connectivity index (χ2v) is 10.5.